The lowest BCUT2D eigenvalue weighted by Gasteiger charge is -2.15. The second kappa shape index (κ2) is 7.19. The van der Waals surface area contributed by atoms with E-state index in [1.54, 1.807) is 13.0 Å². The van der Waals surface area contributed by atoms with Crippen molar-refractivity contribution in [3.05, 3.63) is 51.3 Å². The highest BCUT2D eigenvalue weighted by Crippen LogP contribution is 2.34. The van der Waals surface area contributed by atoms with Gasteiger partial charge in [0.2, 0.25) is 5.91 Å². The van der Waals surface area contributed by atoms with E-state index in [4.69, 9.17) is 23.2 Å². The van der Waals surface area contributed by atoms with Gasteiger partial charge in [-0.2, -0.15) is 0 Å². The van der Waals surface area contributed by atoms with Gasteiger partial charge in [-0.1, -0.05) is 23.2 Å². The first kappa shape index (κ1) is 19.5. The number of hydrogen-bond acceptors (Lipinski definition) is 3. The average Bonchev–Trinajstić information content (AvgIpc) is 2.48. The van der Waals surface area contributed by atoms with Crippen LogP contribution in [0.4, 0.5) is 15.8 Å². The summed E-state index contributed by atoms with van der Waals surface area (Å²) in [4.78, 5) is 11.0. The van der Waals surface area contributed by atoms with Crippen molar-refractivity contribution < 1.29 is 17.6 Å². The molecule has 9 heteroatoms. The first-order chi connectivity index (χ1) is 11.5. The zero-order valence-electron chi connectivity index (χ0n) is 13.6. The SMILES string of the molecule is CC(=O)Nc1cc(NS(=O)(=O)c2c(C)c(Cl)cc(C)c2Cl)ccc1F. The monoisotopic (exact) mass is 404 g/mol. The second-order valence-electron chi connectivity index (χ2n) is 5.42. The maximum atomic E-state index is 13.7. The van der Waals surface area contributed by atoms with Crippen LogP contribution in [0.15, 0.2) is 29.2 Å². The molecule has 2 N–H and O–H groups in total. The first-order valence-corrected chi connectivity index (χ1v) is 9.32. The molecular weight excluding hydrogens is 390 g/mol. The number of anilines is 2. The molecule has 0 aliphatic heterocycles. The summed E-state index contributed by atoms with van der Waals surface area (Å²) in [5.41, 5.74) is 0.737. The molecule has 1 amide bonds. The Kier molecular flexibility index (Phi) is 5.61. The van der Waals surface area contributed by atoms with Crippen molar-refractivity contribution in [3.8, 4) is 0 Å². The number of benzene rings is 2. The third kappa shape index (κ3) is 4.23. The van der Waals surface area contributed by atoms with Gasteiger partial charge in [0.15, 0.2) is 0 Å². The molecule has 0 unspecified atom stereocenters. The summed E-state index contributed by atoms with van der Waals surface area (Å²) >= 11 is 12.2. The van der Waals surface area contributed by atoms with E-state index in [9.17, 15) is 17.6 Å². The molecule has 134 valence electrons. The Labute approximate surface area is 155 Å². The Morgan fingerprint density at radius 3 is 2.40 bits per heavy atom. The average molecular weight is 405 g/mol. The highest BCUT2D eigenvalue weighted by atomic mass is 35.5. The van der Waals surface area contributed by atoms with Crippen LogP contribution < -0.4 is 10.0 Å². The molecule has 0 heterocycles. The smallest absolute Gasteiger partial charge is 0.263 e. The van der Waals surface area contributed by atoms with E-state index < -0.39 is 21.7 Å². The van der Waals surface area contributed by atoms with Crippen molar-refractivity contribution in [2.75, 3.05) is 10.0 Å². The fourth-order valence-electron chi connectivity index (χ4n) is 2.21. The Morgan fingerprint density at radius 2 is 1.80 bits per heavy atom. The molecule has 0 aliphatic carbocycles. The number of nitrogens with one attached hydrogen (secondary N) is 2. The molecule has 0 bridgehead atoms. The van der Waals surface area contributed by atoms with E-state index in [0.29, 0.717) is 11.1 Å². The largest absolute Gasteiger partial charge is 0.324 e. The maximum Gasteiger partial charge on any atom is 0.263 e. The molecule has 0 saturated carbocycles. The van der Waals surface area contributed by atoms with Crippen LogP contribution in [0.3, 0.4) is 0 Å². The van der Waals surface area contributed by atoms with E-state index in [1.807, 2.05) is 0 Å². The minimum atomic E-state index is -4.08. The highest BCUT2D eigenvalue weighted by molar-refractivity contribution is 7.93. The molecule has 2 rings (SSSR count). The molecule has 2 aromatic carbocycles. The fraction of sp³-hybridized carbons (Fsp3) is 0.188. The van der Waals surface area contributed by atoms with Gasteiger partial charge in [-0.05, 0) is 49.2 Å². The Hall–Kier alpha value is -1.83. The summed E-state index contributed by atoms with van der Waals surface area (Å²) in [6.07, 6.45) is 0. The van der Waals surface area contributed by atoms with E-state index in [-0.39, 0.29) is 26.3 Å². The van der Waals surface area contributed by atoms with Gasteiger partial charge in [0.1, 0.15) is 10.7 Å². The number of carbonyl (C=O) groups is 1. The van der Waals surface area contributed by atoms with Gasteiger partial charge in [-0.15, -0.1) is 0 Å². The highest BCUT2D eigenvalue weighted by Gasteiger charge is 2.24. The van der Waals surface area contributed by atoms with Crippen molar-refractivity contribution >= 4 is 50.5 Å². The molecule has 2 aromatic rings. The van der Waals surface area contributed by atoms with Gasteiger partial charge in [0.25, 0.3) is 10.0 Å². The number of sulfonamides is 1. The van der Waals surface area contributed by atoms with Gasteiger partial charge < -0.3 is 5.32 Å². The number of carbonyl (C=O) groups excluding carboxylic acids is 1. The van der Waals surface area contributed by atoms with Gasteiger partial charge in [0.05, 0.1) is 16.4 Å². The van der Waals surface area contributed by atoms with Crippen LogP contribution in [0.1, 0.15) is 18.1 Å². The zero-order chi connectivity index (χ0) is 18.9. The number of halogens is 3. The molecule has 0 spiro atoms. The van der Waals surface area contributed by atoms with Crippen LogP contribution in [0, 0.1) is 19.7 Å². The lowest BCUT2D eigenvalue weighted by molar-refractivity contribution is -0.114. The summed E-state index contributed by atoms with van der Waals surface area (Å²) in [7, 11) is -4.08. The fourth-order valence-corrected chi connectivity index (χ4v) is 4.48. The Bertz CT molecular complexity index is 936. The third-order valence-corrected chi connectivity index (χ3v) is 5.93. The topological polar surface area (TPSA) is 75.3 Å². The van der Waals surface area contributed by atoms with E-state index in [1.165, 1.54) is 26.0 Å². The van der Waals surface area contributed by atoms with E-state index in [0.717, 1.165) is 6.07 Å². The molecule has 0 atom stereocenters. The van der Waals surface area contributed by atoms with Crippen LogP contribution in [0.25, 0.3) is 0 Å². The van der Waals surface area contributed by atoms with E-state index >= 15 is 0 Å². The van der Waals surface area contributed by atoms with Crippen molar-refractivity contribution in [2.45, 2.75) is 25.7 Å². The second-order valence-corrected chi connectivity index (χ2v) is 7.83. The molecule has 0 aromatic heterocycles. The molecule has 0 saturated heterocycles. The Balaban J connectivity index is 2.49. The van der Waals surface area contributed by atoms with Crippen molar-refractivity contribution in [1.82, 2.24) is 0 Å². The number of amides is 1. The summed E-state index contributed by atoms with van der Waals surface area (Å²) in [5, 5.41) is 2.60. The quantitative estimate of drug-likeness (QED) is 0.786. The van der Waals surface area contributed by atoms with Crippen LogP contribution >= 0.6 is 23.2 Å². The summed E-state index contributed by atoms with van der Waals surface area (Å²) in [5.74, 6) is -1.17. The van der Waals surface area contributed by atoms with Gasteiger partial charge in [0, 0.05) is 11.9 Å². The summed E-state index contributed by atoms with van der Waals surface area (Å²) in [6, 6.07) is 5.03. The van der Waals surface area contributed by atoms with Gasteiger partial charge in [-0.25, -0.2) is 12.8 Å². The van der Waals surface area contributed by atoms with Gasteiger partial charge >= 0.3 is 0 Å². The van der Waals surface area contributed by atoms with Crippen molar-refractivity contribution in [3.63, 3.8) is 0 Å². The molecule has 5 nitrogen and oxygen atoms in total. The van der Waals surface area contributed by atoms with Crippen LogP contribution in [0.5, 0.6) is 0 Å². The molecule has 25 heavy (non-hydrogen) atoms. The first-order valence-electron chi connectivity index (χ1n) is 7.08. The lowest BCUT2D eigenvalue weighted by Crippen LogP contribution is -2.16. The molecular formula is C16H15Cl2FN2O3S. The third-order valence-electron chi connectivity index (χ3n) is 3.39. The zero-order valence-corrected chi connectivity index (χ0v) is 15.9. The molecule has 0 fully saturated rings. The standard InChI is InChI=1S/C16H15Cl2FN2O3S/c1-8-6-12(17)9(2)16(15(8)18)25(23,24)21-11-4-5-13(19)14(7-11)20-10(3)22/h4-7,21H,1-3H3,(H,20,22). The number of aryl methyl sites for hydroxylation is 1. The molecule has 0 aliphatic rings. The minimum Gasteiger partial charge on any atom is -0.324 e. The maximum absolute atomic E-state index is 13.7. The minimum absolute atomic E-state index is 0.0543. The lowest BCUT2D eigenvalue weighted by atomic mass is 10.2. The van der Waals surface area contributed by atoms with Gasteiger partial charge in [-0.3, -0.25) is 9.52 Å². The summed E-state index contributed by atoms with van der Waals surface area (Å²) < 4.78 is 41.5. The van der Waals surface area contributed by atoms with Crippen LogP contribution in [0.2, 0.25) is 10.0 Å². The van der Waals surface area contributed by atoms with Crippen LogP contribution in [-0.2, 0) is 14.8 Å². The summed E-state index contributed by atoms with van der Waals surface area (Å²) in [6.45, 7) is 4.39. The predicted octanol–water partition coefficient (Wildman–Crippen LogP) is 4.51. The molecule has 0 radical (unpaired) electrons. The van der Waals surface area contributed by atoms with E-state index in [2.05, 4.69) is 10.0 Å². The number of hydrogen-bond donors (Lipinski definition) is 2. The normalized spacial score (nSPS) is 11.3. The van der Waals surface area contributed by atoms with Crippen molar-refractivity contribution in [2.24, 2.45) is 0 Å². The Morgan fingerprint density at radius 1 is 1.16 bits per heavy atom. The number of rotatable bonds is 4. The van der Waals surface area contributed by atoms with Crippen LogP contribution in [-0.4, -0.2) is 14.3 Å². The van der Waals surface area contributed by atoms with Crippen molar-refractivity contribution in [1.29, 1.82) is 0 Å². The predicted molar refractivity (Wildman–Crippen MR) is 97.4 cm³/mol.